The third-order valence-corrected chi connectivity index (χ3v) is 7.95. The lowest BCUT2D eigenvalue weighted by atomic mass is 9.98. The average molecular weight is 545 g/mol. The second-order valence-electron chi connectivity index (χ2n) is 11.3. The molecule has 0 spiro atoms. The van der Waals surface area contributed by atoms with Crippen LogP contribution >= 0.6 is 0 Å². The third-order valence-electron chi connectivity index (χ3n) is 7.95. The summed E-state index contributed by atoms with van der Waals surface area (Å²) < 4.78 is 13.7. The van der Waals surface area contributed by atoms with Gasteiger partial charge in [0.2, 0.25) is 0 Å². The maximum Gasteiger partial charge on any atom is 0.253 e. The van der Waals surface area contributed by atoms with E-state index < -0.39 is 6.04 Å². The lowest BCUT2D eigenvalue weighted by Crippen LogP contribution is -2.41. The predicted octanol–water partition coefficient (Wildman–Crippen LogP) is 5.14. The zero-order valence-electron chi connectivity index (χ0n) is 24.2. The van der Waals surface area contributed by atoms with Crippen LogP contribution in [0, 0.1) is 6.92 Å². The van der Waals surface area contributed by atoms with Crippen LogP contribution in [0.4, 0.5) is 0 Å². The number of ether oxygens (including phenoxy) is 2. The Hall–Kier alpha value is -3.56. The highest BCUT2D eigenvalue weighted by atomic mass is 16.5. The molecule has 1 saturated heterocycles. The van der Waals surface area contributed by atoms with Gasteiger partial charge in [-0.1, -0.05) is 31.2 Å². The molecule has 1 fully saturated rings. The number of aryl methyl sites for hydroxylation is 1. The molecule has 1 N–H and O–H groups in total. The van der Waals surface area contributed by atoms with E-state index in [0.717, 1.165) is 53.6 Å². The number of fused-ring (bicyclic) bond motifs is 1. The van der Waals surface area contributed by atoms with Crippen molar-refractivity contribution < 1.29 is 9.47 Å². The van der Waals surface area contributed by atoms with Gasteiger partial charge in [-0.25, -0.2) is 4.68 Å². The molecule has 1 aliphatic rings. The number of aromatic nitrogens is 5. The van der Waals surface area contributed by atoms with Crippen molar-refractivity contribution in [3.05, 3.63) is 81.4 Å². The minimum absolute atomic E-state index is 0.0656. The van der Waals surface area contributed by atoms with E-state index in [1.165, 1.54) is 0 Å². The molecule has 2 atom stereocenters. The molecule has 0 bridgehead atoms. The number of tetrazole rings is 1. The largest absolute Gasteiger partial charge is 0.494 e. The molecule has 0 amide bonds. The maximum atomic E-state index is 13.8. The Labute approximate surface area is 235 Å². The van der Waals surface area contributed by atoms with Gasteiger partial charge in [0.05, 0.1) is 18.2 Å². The number of aromatic amines is 1. The van der Waals surface area contributed by atoms with Crippen LogP contribution in [0.3, 0.4) is 0 Å². The first-order valence-electron chi connectivity index (χ1n) is 14.3. The average Bonchev–Trinajstić information content (AvgIpc) is 3.63. The Morgan fingerprint density at radius 1 is 1.18 bits per heavy atom. The Balaban J connectivity index is 1.66. The molecule has 0 radical (unpaired) electrons. The highest BCUT2D eigenvalue weighted by Crippen LogP contribution is 2.33. The summed E-state index contributed by atoms with van der Waals surface area (Å²) in [5.74, 6) is 1.48. The van der Waals surface area contributed by atoms with Crippen LogP contribution in [0.5, 0.6) is 5.75 Å². The molecule has 9 nitrogen and oxygen atoms in total. The number of H-pyrrole nitrogens is 1. The lowest BCUT2D eigenvalue weighted by molar-refractivity contribution is 0.0562. The Kier molecular flexibility index (Phi) is 8.32. The first-order chi connectivity index (χ1) is 19.3. The van der Waals surface area contributed by atoms with Gasteiger partial charge in [0.15, 0.2) is 5.82 Å². The van der Waals surface area contributed by atoms with Gasteiger partial charge in [-0.3, -0.25) is 9.69 Å². The number of hydrogen-bond donors (Lipinski definition) is 1. The third kappa shape index (κ3) is 5.95. The molecule has 0 unspecified atom stereocenters. The molecule has 5 rings (SSSR count). The highest BCUT2D eigenvalue weighted by molar-refractivity contribution is 5.79. The van der Waals surface area contributed by atoms with E-state index in [4.69, 9.17) is 9.47 Å². The smallest absolute Gasteiger partial charge is 0.253 e. The Morgan fingerprint density at radius 3 is 2.67 bits per heavy atom. The molecule has 4 aromatic rings. The van der Waals surface area contributed by atoms with Crippen LogP contribution in [-0.4, -0.2) is 56.0 Å². The molecule has 0 aliphatic carbocycles. The van der Waals surface area contributed by atoms with Crippen molar-refractivity contribution in [3.63, 3.8) is 0 Å². The second kappa shape index (κ2) is 11.9. The van der Waals surface area contributed by atoms with Crippen LogP contribution in [0.1, 0.15) is 75.5 Å². The normalized spacial score (nSPS) is 16.6. The van der Waals surface area contributed by atoms with Gasteiger partial charge in [0.25, 0.3) is 5.56 Å². The second-order valence-corrected chi connectivity index (χ2v) is 11.3. The molecule has 0 saturated carbocycles. The number of rotatable bonds is 11. The van der Waals surface area contributed by atoms with Gasteiger partial charge in [-0.15, -0.1) is 5.10 Å². The summed E-state index contributed by atoms with van der Waals surface area (Å²) in [5, 5.41) is 14.1. The topological polar surface area (TPSA) is 98.2 Å². The maximum absolute atomic E-state index is 13.8. The molecular formula is C31H40N6O3. The quantitative estimate of drug-likeness (QED) is 0.279. The summed E-state index contributed by atoms with van der Waals surface area (Å²) in [4.78, 5) is 19.3. The van der Waals surface area contributed by atoms with Crippen molar-refractivity contribution in [2.24, 2.45) is 0 Å². The number of nitrogens with zero attached hydrogens (tertiary/aromatic N) is 5. The van der Waals surface area contributed by atoms with Crippen molar-refractivity contribution in [3.8, 4) is 5.75 Å². The fraction of sp³-hybridized carbons (Fsp3) is 0.484. The zero-order chi connectivity index (χ0) is 28.3. The fourth-order valence-electron chi connectivity index (χ4n) is 5.38. The zero-order valence-corrected chi connectivity index (χ0v) is 24.2. The molecule has 9 heteroatoms. The van der Waals surface area contributed by atoms with Crippen molar-refractivity contribution in [1.82, 2.24) is 30.1 Å². The van der Waals surface area contributed by atoms with E-state index in [2.05, 4.69) is 70.4 Å². The van der Waals surface area contributed by atoms with Crippen molar-refractivity contribution >= 4 is 10.9 Å². The lowest BCUT2D eigenvalue weighted by Gasteiger charge is -2.34. The van der Waals surface area contributed by atoms with Gasteiger partial charge in [-0.05, 0) is 98.2 Å². The van der Waals surface area contributed by atoms with Crippen molar-refractivity contribution in [2.45, 2.75) is 78.1 Å². The SMILES string of the molecule is CCOc1ccc(CN(C[C@H]2CCCO2)[C@H](c2cc3ccc(C)cc3[nH]c2=O)c2nnnn2C(C)(C)CC)cc1. The first kappa shape index (κ1) is 28.0. The van der Waals surface area contributed by atoms with Crippen LogP contribution < -0.4 is 10.3 Å². The minimum atomic E-state index is -0.494. The van der Waals surface area contributed by atoms with Crippen LogP contribution in [0.15, 0.2) is 53.3 Å². The summed E-state index contributed by atoms with van der Waals surface area (Å²) in [5.41, 5.74) is 3.15. The molecule has 1 aliphatic heterocycles. The molecule has 2 aromatic heterocycles. The molecule has 40 heavy (non-hydrogen) atoms. The number of benzene rings is 2. The van der Waals surface area contributed by atoms with E-state index in [0.29, 0.717) is 31.1 Å². The summed E-state index contributed by atoms with van der Waals surface area (Å²) in [6, 6.07) is 15.8. The Bertz CT molecular complexity index is 1490. The van der Waals surface area contributed by atoms with Gasteiger partial charge >= 0.3 is 0 Å². The van der Waals surface area contributed by atoms with E-state index >= 15 is 0 Å². The number of hydrogen-bond acceptors (Lipinski definition) is 7. The minimum Gasteiger partial charge on any atom is -0.494 e. The first-order valence-corrected chi connectivity index (χ1v) is 14.3. The van der Waals surface area contributed by atoms with E-state index in [1.54, 1.807) is 0 Å². The monoisotopic (exact) mass is 544 g/mol. The van der Waals surface area contributed by atoms with Gasteiger partial charge in [-0.2, -0.15) is 0 Å². The van der Waals surface area contributed by atoms with Gasteiger partial charge in [0.1, 0.15) is 11.8 Å². The molecule has 3 heterocycles. The van der Waals surface area contributed by atoms with E-state index in [9.17, 15) is 4.79 Å². The molecule has 212 valence electrons. The van der Waals surface area contributed by atoms with E-state index in [-0.39, 0.29) is 17.2 Å². The van der Waals surface area contributed by atoms with Crippen molar-refractivity contribution in [2.75, 3.05) is 19.8 Å². The fourth-order valence-corrected chi connectivity index (χ4v) is 5.38. The van der Waals surface area contributed by atoms with E-state index in [1.807, 2.05) is 42.8 Å². The molecular weight excluding hydrogens is 504 g/mol. The Morgan fingerprint density at radius 2 is 1.98 bits per heavy atom. The van der Waals surface area contributed by atoms with Crippen molar-refractivity contribution in [1.29, 1.82) is 0 Å². The summed E-state index contributed by atoms with van der Waals surface area (Å²) in [7, 11) is 0. The highest BCUT2D eigenvalue weighted by Gasteiger charge is 2.36. The summed E-state index contributed by atoms with van der Waals surface area (Å²) >= 11 is 0. The van der Waals surface area contributed by atoms with Gasteiger partial charge < -0.3 is 14.5 Å². The van der Waals surface area contributed by atoms with Gasteiger partial charge in [0, 0.05) is 30.8 Å². The standard InChI is InChI=1S/C31H40N6O3/c1-6-31(4,5)37-29(33-34-35-37)28(26-18-23-13-10-21(3)17-27(23)32-30(26)38)36(20-25-9-8-16-40-25)19-22-11-14-24(15-12-22)39-7-2/h10-15,17-18,25,28H,6-9,16,19-20H2,1-5H3,(H,32,38)/t25-,28-/m1/s1. The predicted molar refractivity (Wildman–Crippen MR) is 156 cm³/mol. The number of pyridine rings is 1. The summed E-state index contributed by atoms with van der Waals surface area (Å²) in [6.07, 6.45) is 2.90. The van der Waals surface area contributed by atoms with Crippen LogP contribution in [-0.2, 0) is 16.8 Å². The summed E-state index contributed by atoms with van der Waals surface area (Å²) in [6.45, 7) is 13.0. The molecule has 2 aromatic carbocycles. The van der Waals surface area contributed by atoms with Crippen LogP contribution in [0.25, 0.3) is 10.9 Å². The van der Waals surface area contributed by atoms with Crippen LogP contribution in [0.2, 0.25) is 0 Å². The number of nitrogens with one attached hydrogen (secondary N) is 1.